The molecule has 2 nitrogen and oxygen atoms in total. The highest BCUT2D eigenvalue weighted by Crippen LogP contribution is 2.17. The lowest BCUT2D eigenvalue weighted by molar-refractivity contribution is 0.548. The van der Waals surface area contributed by atoms with E-state index < -0.39 is 0 Å². The Morgan fingerprint density at radius 3 is 2.46 bits per heavy atom. The maximum Gasteiger partial charge on any atom is 0.218 e. The maximum atomic E-state index is 10.6. The Balaban J connectivity index is 2.52. The molecule has 2 rings (SSSR count). The van der Waals surface area contributed by atoms with E-state index in [1.54, 1.807) is 10.8 Å². The summed E-state index contributed by atoms with van der Waals surface area (Å²) in [5.41, 5.74) is 1.98. The van der Waals surface area contributed by atoms with E-state index in [1.807, 2.05) is 42.5 Å². The molecule has 13 heavy (non-hydrogen) atoms. The van der Waals surface area contributed by atoms with Crippen LogP contribution < -0.4 is 0 Å². The second-order valence-electron chi connectivity index (χ2n) is 2.77. The van der Waals surface area contributed by atoms with E-state index in [2.05, 4.69) is 0 Å². The van der Waals surface area contributed by atoms with Crippen LogP contribution in [0.3, 0.4) is 0 Å². The molecular weight excluding hydrogens is 162 g/mol. The molecule has 64 valence electrons. The van der Waals surface area contributed by atoms with Gasteiger partial charge >= 0.3 is 0 Å². The Bertz CT molecular complexity index is 403. The van der Waals surface area contributed by atoms with Crippen molar-refractivity contribution in [3.05, 3.63) is 48.7 Å². The zero-order valence-electron chi connectivity index (χ0n) is 7.05. The monoisotopic (exact) mass is 171 g/mol. The number of hydrogen-bond donors (Lipinski definition) is 0. The summed E-state index contributed by atoms with van der Waals surface area (Å²) in [6.07, 6.45) is 2.55. The molecule has 2 aromatic rings. The van der Waals surface area contributed by atoms with Crippen LogP contribution in [-0.4, -0.2) is 11.0 Å². The van der Waals surface area contributed by atoms with Crippen molar-refractivity contribution in [3.63, 3.8) is 0 Å². The molecule has 0 aliphatic heterocycles. The number of aromatic nitrogens is 1. The first-order valence-corrected chi connectivity index (χ1v) is 4.09. The molecule has 0 unspecified atom stereocenters. The molecule has 1 aromatic heterocycles. The van der Waals surface area contributed by atoms with Crippen molar-refractivity contribution in [2.24, 2.45) is 0 Å². The number of hydrogen-bond acceptors (Lipinski definition) is 1. The summed E-state index contributed by atoms with van der Waals surface area (Å²) in [6, 6.07) is 13.6. The Morgan fingerprint density at radius 1 is 1.00 bits per heavy atom. The van der Waals surface area contributed by atoms with Crippen molar-refractivity contribution in [2.45, 2.75) is 0 Å². The summed E-state index contributed by atoms with van der Waals surface area (Å²) in [7, 11) is 0. The minimum Gasteiger partial charge on any atom is -0.290 e. The van der Waals surface area contributed by atoms with Crippen molar-refractivity contribution in [1.29, 1.82) is 0 Å². The van der Waals surface area contributed by atoms with E-state index in [-0.39, 0.29) is 0 Å². The van der Waals surface area contributed by atoms with Crippen LogP contribution in [0.25, 0.3) is 11.3 Å². The molecule has 0 aliphatic rings. The minimum atomic E-state index is 0.808. The van der Waals surface area contributed by atoms with Crippen molar-refractivity contribution in [1.82, 2.24) is 4.57 Å². The van der Waals surface area contributed by atoms with Gasteiger partial charge in [-0.2, -0.15) is 0 Å². The van der Waals surface area contributed by atoms with Crippen LogP contribution >= 0.6 is 0 Å². The molecule has 0 bridgehead atoms. The molecule has 0 radical (unpaired) electrons. The maximum absolute atomic E-state index is 10.6. The summed E-state index contributed by atoms with van der Waals surface area (Å²) >= 11 is 0. The third-order valence-corrected chi connectivity index (χ3v) is 1.96. The second kappa shape index (κ2) is 3.27. The van der Waals surface area contributed by atoms with E-state index in [9.17, 15) is 4.79 Å². The molecular formula is C11H9NO. The zero-order chi connectivity index (χ0) is 9.10. The lowest BCUT2D eigenvalue weighted by atomic mass is 10.1. The van der Waals surface area contributed by atoms with Crippen LogP contribution in [-0.2, 0) is 4.79 Å². The zero-order valence-corrected chi connectivity index (χ0v) is 7.05. The smallest absolute Gasteiger partial charge is 0.218 e. The van der Waals surface area contributed by atoms with Gasteiger partial charge in [0.05, 0.1) is 5.69 Å². The van der Waals surface area contributed by atoms with Gasteiger partial charge in [0.2, 0.25) is 6.41 Å². The van der Waals surface area contributed by atoms with Crippen LogP contribution in [0.2, 0.25) is 0 Å². The summed E-state index contributed by atoms with van der Waals surface area (Å²) in [6.45, 7) is 0. The molecule has 0 saturated carbocycles. The summed E-state index contributed by atoms with van der Waals surface area (Å²) in [4.78, 5) is 10.6. The third-order valence-electron chi connectivity index (χ3n) is 1.96. The van der Waals surface area contributed by atoms with Gasteiger partial charge in [-0.25, -0.2) is 0 Å². The van der Waals surface area contributed by atoms with Crippen molar-refractivity contribution in [3.8, 4) is 11.3 Å². The molecule has 2 heteroatoms. The van der Waals surface area contributed by atoms with Crippen LogP contribution in [0, 0.1) is 0 Å². The van der Waals surface area contributed by atoms with Crippen LogP contribution in [0.5, 0.6) is 0 Å². The predicted octanol–water partition coefficient (Wildman–Crippen LogP) is 2.19. The molecule has 0 spiro atoms. The van der Waals surface area contributed by atoms with E-state index in [0.29, 0.717) is 0 Å². The molecule has 1 aromatic carbocycles. The van der Waals surface area contributed by atoms with E-state index in [1.165, 1.54) is 0 Å². The largest absolute Gasteiger partial charge is 0.290 e. The van der Waals surface area contributed by atoms with E-state index in [0.717, 1.165) is 17.7 Å². The first kappa shape index (κ1) is 7.80. The summed E-state index contributed by atoms with van der Waals surface area (Å²) < 4.78 is 1.56. The van der Waals surface area contributed by atoms with Gasteiger partial charge in [0.1, 0.15) is 0 Å². The Morgan fingerprint density at radius 2 is 1.77 bits per heavy atom. The van der Waals surface area contributed by atoms with E-state index >= 15 is 0 Å². The fraction of sp³-hybridized carbons (Fsp3) is 0. The highest BCUT2D eigenvalue weighted by molar-refractivity contribution is 5.69. The predicted molar refractivity (Wildman–Crippen MR) is 52.0 cm³/mol. The fourth-order valence-corrected chi connectivity index (χ4v) is 1.34. The standard InChI is InChI=1S/C11H9NO/c13-9-12-8-4-7-11(12)10-5-2-1-3-6-10/h1-9H. The van der Waals surface area contributed by atoms with Gasteiger partial charge in [0.15, 0.2) is 0 Å². The van der Waals surface area contributed by atoms with Crippen molar-refractivity contribution >= 4 is 6.41 Å². The van der Waals surface area contributed by atoms with Crippen LogP contribution in [0.15, 0.2) is 48.7 Å². The van der Waals surface area contributed by atoms with E-state index in [4.69, 9.17) is 0 Å². The highest BCUT2D eigenvalue weighted by atomic mass is 16.1. The highest BCUT2D eigenvalue weighted by Gasteiger charge is 2.00. The molecule has 0 N–H and O–H groups in total. The number of benzene rings is 1. The normalized spacial score (nSPS) is 9.85. The van der Waals surface area contributed by atoms with Gasteiger partial charge in [-0.1, -0.05) is 30.3 Å². The van der Waals surface area contributed by atoms with Gasteiger partial charge in [-0.3, -0.25) is 9.36 Å². The average Bonchev–Trinajstić information content (AvgIpc) is 2.67. The minimum absolute atomic E-state index is 0.808. The van der Waals surface area contributed by atoms with Crippen LogP contribution in [0.4, 0.5) is 0 Å². The first-order valence-electron chi connectivity index (χ1n) is 4.09. The average molecular weight is 171 g/mol. The lowest BCUT2D eigenvalue weighted by Crippen LogP contribution is -1.94. The lowest BCUT2D eigenvalue weighted by Gasteiger charge is -2.00. The second-order valence-corrected chi connectivity index (χ2v) is 2.77. The summed E-state index contributed by atoms with van der Waals surface area (Å²) in [5.74, 6) is 0. The van der Waals surface area contributed by atoms with Gasteiger partial charge < -0.3 is 0 Å². The molecule has 0 atom stereocenters. The number of nitrogens with zero attached hydrogens (tertiary/aromatic N) is 1. The molecule has 1 heterocycles. The van der Waals surface area contributed by atoms with Gasteiger partial charge in [-0.05, 0) is 17.7 Å². The van der Waals surface area contributed by atoms with Gasteiger partial charge in [0, 0.05) is 6.20 Å². The Kier molecular flexibility index (Phi) is 1.96. The summed E-state index contributed by atoms with van der Waals surface area (Å²) in [5, 5.41) is 0. The molecule has 0 aliphatic carbocycles. The Labute approximate surface area is 76.4 Å². The quantitative estimate of drug-likeness (QED) is 0.635. The molecule has 0 fully saturated rings. The Hall–Kier alpha value is -1.83. The SMILES string of the molecule is O=Cn1cccc1-c1ccccc1. The number of rotatable bonds is 2. The van der Waals surface area contributed by atoms with Crippen molar-refractivity contribution < 1.29 is 4.79 Å². The molecule has 0 amide bonds. The van der Waals surface area contributed by atoms with Crippen molar-refractivity contribution in [2.75, 3.05) is 0 Å². The van der Waals surface area contributed by atoms with Gasteiger partial charge in [0.25, 0.3) is 0 Å². The number of carbonyl (C=O) groups excluding carboxylic acids is 1. The number of carbonyl (C=O) groups is 1. The van der Waals surface area contributed by atoms with Crippen LogP contribution in [0.1, 0.15) is 0 Å². The fourth-order valence-electron chi connectivity index (χ4n) is 1.34. The van der Waals surface area contributed by atoms with Gasteiger partial charge in [-0.15, -0.1) is 0 Å². The molecule has 0 saturated heterocycles. The third kappa shape index (κ3) is 1.38. The first-order chi connectivity index (χ1) is 6.42. The topological polar surface area (TPSA) is 22.0 Å².